The Kier molecular flexibility index (Phi) is 5.22. The minimum absolute atomic E-state index is 0.400. The Morgan fingerprint density at radius 3 is 2.70 bits per heavy atom. The number of thioether (sulfide) groups is 1. The van der Waals surface area contributed by atoms with Crippen LogP contribution in [0.3, 0.4) is 0 Å². The van der Waals surface area contributed by atoms with Crippen LogP contribution in [0.5, 0.6) is 0 Å². The molecular formula is C14H13ClN4S. The number of hydrogen-bond donors (Lipinski definition) is 0. The summed E-state index contributed by atoms with van der Waals surface area (Å²) < 4.78 is 0. The SMILES string of the molecule is CSc1nc(Cl)cc(N(CCC#N)c2ccccc2)n1. The van der Waals surface area contributed by atoms with Crippen LogP contribution in [0, 0.1) is 11.3 Å². The molecule has 0 atom stereocenters. The zero-order valence-corrected chi connectivity index (χ0v) is 12.5. The third-order valence-corrected chi connectivity index (χ3v) is 3.38. The van der Waals surface area contributed by atoms with Gasteiger partial charge in [-0.25, -0.2) is 9.97 Å². The normalized spacial score (nSPS) is 10.1. The molecule has 0 amide bonds. The minimum atomic E-state index is 0.400. The summed E-state index contributed by atoms with van der Waals surface area (Å²) in [7, 11) is 0. The molecule has 1 aromatic heterocycles. The molecule has 1 heterocycles. The fourth-order valence-corrected chi connectivity index (χ4v) is 2.36. The molecule has 0 aliphatic rings. The van der Waals surface area contributed by atoms with Gasteiger partial charge in [0.2, 0.25) is 0 Å². The maximum Gasteiger partial charge on any atom is 0.190 e. The molecule has 0 spiro atoms. The quantitative estimate of drug-likeness (QED) is 0.476. The molecule has 0 aliphatic carbocycles. The van der Waals surface area contributed by atoms with Gasteiger partial charge >= 0.3 is 0 Å². The Balaban J connectivity index is 2.41. The highest BCUT2D eigenvalue weighted by Gasteiger charge is 2.12. The average Bonchev–Trinajstić information content (AvgIpc) is 2.48. The molecule has 2 aromatic rings. The van der Waals surface area contributed by atoms with E-state index in [9.17, 15) is 0 Å². The fraction of sp³-hybridized carbons (Fsp3) is 0.214. The van der Waals surface area contributed by atoms with E-state index in [-0.39, 0.29) is 0 Å². The van der Waals surface area contributed by atoms with E-state index in [0.717, 1.165) is 5.69 Å². The van der Waals surface area contributed by atoms with E-state index in [1.807, 2.05) is 41.5 Å². The van der Waals surface area contributed by atoms with Gasteiger partial charge in [0.15, 0.2) is 5.16 Å². The first kappa shape index (κ1) is 14.6. The van der Waals surface area contributed by atoms with E-state index in [2.05, 4.69) is 16.0 Å². The summed E-state index contributed by atoms with van der Waals surface area (Å²) in [5.74, 6) is 0.704. The van der Waals surface area contributed by atoms with Crippen molar-refractivity contribution >= 4 is 34.9 Å². The number of rotatable bonds is 5. The molecule has 1 aromatic carbocycles. The van der Waals surface area contributed by atoms with E-state index in [1.165, 1.54) is 11.8 Å². The third-order valence-electron chi connectivity index (χ3n) is 2.64. The van der Waals surface area contributed by atoms with Gasteiger partial charge in [-0.15, -0.1) is 0 Å². The highest BCUT2D eigenvalue weighted by molar-refractivity contribution is 7.98. The van der Waals surface area contributed by atoms with Crippen LogP contribution >= 0.6 is 23.4 Å². The summed E-state index contributed by atoms with van der Waals surface area (Å²) in [4.78, 5) is 10.6. The number of halogens is 1. The topological polar surface area (TPSA) is 52.8 Å². The van der Waals surface area contributed by atoms with Gasteiger partial charge in [-0.05, 0) is 18.4 Å². The lowest BCUT2D eigenvalue weighted by Crippen LogP contribution is -2.19. The van der Waals surface area contributed by atoms with E-state index in [4.69, 9.17) is 16.9 Å². The number of para-hydroxylation sites is 1. The van der Waals surface area contributed by atoms with Gasteiger partial charge in [0, 0.05) is 18.3 Å². The Bertz CT molecular complexity index is 612. The first-order chi connectivity index (χ1) is 9.74. The summed E-state index contributed by atoms with van der Waals surface area (Å²) in [6, 6.07) is 13.7. The van der Waals surface area contributed by atoms with Crippen molar-refractivity contribution in [3.05, 3.63) is 41.6 Å². The Hall–Kier alpha value is -1.77. The average molecular weight is 305 g/mol. The van der Waals surface area contributed by atoms with Crippen molar-refractivity contribution in [3.63, 3.8) is 0 Å². The van der Waals surface area contributed by atoms with Crippen LogP contribution < -0.4 is 4.90 Å². The lowest BCUT2D eigenvalue weighted by atomic mass is 10.2. The molecule has 0 N–H and O–H groups in total. The molecule has 0 fully saturated rings. The van der Waals surface area contributed by atoms with Crippen LogP contribution in [0.15, 0.2) is 41.6 Å². The van der Waals surface area contributed by atoms with Gasteiger partial charge in [-0.1, -0.05) is 41.6 Å². The van der Waals surface area contributed by atoms with Crippen LogP contribution in [-0.4, -0.2) is 22.8 Å². The van der Waals surface area contributed by atoms with E-state index in [1.54, 1.807) is 6.07 Å². The standard InChI is InChI=1S/C14H13ClN4S/c1-20-14-17-12(15)10-13(18-14)19(9-5-8-16)11-6-3-2-4-7-11/h2-4,6-7,10H,5,9H2,1H3. The zero-order valence-electron chi connectivity index (χ0n) is 11.0. The van der Waals surface area contributed by atoms with Crippen molar-refractivity contribution in [1.82, 2.24) is 9.97 Å². The lowest BCUT2D eigenvalue weighted by molar-refractivity contribution is 0.882. The second kappa shape index (κ2) is 7.13. The second-order valence-corrected chi connectivity index (χ2v) is 5.09. The first-order valence-corrected chi connectivity index (χ1v) is 7.63. The van der Waals surface area contributed by atoms with Gasteiger partial charge in [-0.3, -0.25) is 0 Å². The number of hydrogen-bond acceptors (Lipinski definition) is 5. The second-order valence-electron chi connectivity index (χ2n) is 3.93. The molecule has 0 aliphatic heterocycles. The van der Waals surface area contributed by atoms with Gasteiger partial charge in [0.25, 0.3) is 0 Å². The summed E-state index contributed by atoms with van der Waals surface area (Å²) in [5, 5.41) is 9.84. The van der Waals surface area contributed by atoms with E-state index < -0.39 is 0 Å². The Morgan fingerprint density at radius 1 is 1.30 bits per heavy atom. The predicted octanol–water partition coefficient (Wildman–Crippen LogP) is 3.90. The summed E-state index contributed by atoms with van der Waals surface area (Å²) >= 11 is 7.47. The van der Waals surface area contributed by atoms with Crippen LogP contribution in [-0.2, 0) is 0 Å². The Morgan fingerprint density at radius 2 is 2.05 bits per heavy atom. The smallest absolute Gasteiger partial charge is 0.190 e. The van der Waals surface area contributed by atoms with Gasteiger partial charge in [-0.2, -0.15) is 5.26 Å². The maximum absolute atomic E-state index is 8.82. The summed E-state index contributed by atoms with van der Waals surface area (Å²) in [6.07, 6.45) is 2.31. The van der Waals surface area contributed by atoms with Crippen LogP contribution in [0.2, 0.25) is 5.15 Å². The highest BCUT2D eigenvalue weighted by Crippen LogP contribution is 2.27. The molecule has 0 saturated heterocycles. The number of benzene rings is 1. The first-order valence-electron chi connectivity index (χ1n) is 6.02. The summed E-state index contributed by atoms with van der Waals surface area (Å²) in [6.45, 7) is 0.557. The summed E-state index contributed by atoms with van der Waals surface area (Å²) in [5.41, 5.74) is 0.976. The van der Waals surface area contributed by atoms with Gasteiger partial charge in [0.1, 0.15) is 11.0 Å². The molecule has 0 bridgehead atoms. The largest absolute Gasteiger partial charge is 0.325 e. The van der Waals surface area contributed by atoms with Crippen LogP contribution in [0.1, 0.15) is 6.42 Å². The van der Waals surface area contributed by atoms with Gasteiger partial charge in [0.05, 0.1) is 12.5 Å². The Labute approximate surface area is 127 Å². The molecule has 20 heavy (non-hydrogen) atoms. The molecule has 102 valence electrons. The van der Waals surface area contributed by atoms with Crippen LogP contribution in [0.4, 0.5) is 11.5 Å². The van der Waals surface area contributed by atoms with Crippen molar-refractivity contribution in [2.75, 3.05) is 17.7 Å². The van der Waals surface area contributed by atoms with Crippen molar-refractivity contribution in [1.29, 1.82) is 5.26 Å². The molecule has 0 unspecified atom stereocenters. The molecule has 0 saturated carbocycles. The molecule has 2 rings (SSSR count). The molecule has 0 radical (unpaired) electrons. The number of nitrogens with zero attached hydrogens (tertiary/aromatic N) is 4. The van der Waals surface area contributed by atoms with E-state index in [0.29, 0.717) is 29.1 Å². The molecular weight excluding hydrogens is 292 g/mol. The number of aromatic nitrogens is 2. The molecule has 6 heteroatoms. The van der Waals surface area contributed by atoms with Crippen LogP contribution in [0.25, 0.3) is 0 Å². The lowest BCUT2D eigenvalue weighted by Gasteiger charge is -2.23. The monoisotopic (exact) mass is 304 g/mol. The fourth-order valence-electron chi connectivity index (χ4n) is 1.76. The van der Waals surface area contributed by atoms with Crippen molar-refractivity contribution in [2.45, 2.75) is 11.6 Å². The predicted molar refractivity (Wildman–Crippen MR) is 82.5 cm³/mol. The molecule has 4 nitrogen and oxygen atoms in total. The zero-order chi connectivity index (χ0) is 14.4. The number of nitriles is 1. The van der Waals surface area contributed by atoms with E-state index >= 15 is 0 Å². The third kappa shape index (κ3) is 3.62. The van der Waals surface area contributed by atoms with Crippen molar-refractivity contribution in [2.24, 2.45) is 0 Å². The highest BCUT2D eigenvalue weighted by atomic mass is 35.5. The van der Waals surface area contributed by atoms with Crippen molar-refractivity contribution in [3.8, 4) is 6.07 Å². The van der Waals surface area contributed by atoms with Gasteiger partial charge < -0.3 is 4.90 Å². The number of anilines is 2. The minimum Gasteiger partial charge on any atom is -0.325 e. The van der Waals surface area contributed by atoms with Crippen molar-refractivity contribution < 1.29 is 0 Å². The maximum atomic E-state index is 8.82.